The van der Waals surface area contributed by atoms with Crippen molar-refractivity contribution < 1.29 is 13.2 Å². The molecule has 0 fully saturated rings. The number of rotatable bonds is 4. The van der Waals surface area contributed by atoms with E-state index in [0.29, 0.717) is 6.54 Å². The van der Waals surface area contributed by atoms with Gasteiger partial charge >= 0.3 is 6.18 Å². The van der Waals surface area contributed by atoms with Crippen LogP contribution in [0.15, 0.2) is 0 Å². The Bertz CT molecular complexity index is 281. The predicted molar refractivity (Wildman–Crippen MR) is 42.3 cm³/mol. The molecule has 4 nitrogen and oxygen atoms in total. The Morgan fingerprint density at radius 3 is 2.50 bits per heavy atom. The van der Waals surface area contributed by atoms with Gasteiger partial charge in [-0.3, -0.25) is 0 Å². The molecule has 0 amide bonds. The summed E-state index contributed by atoms with van der Waals surface area (Å²) in [6.45, 7) is 2.40. The van der Waals surface area contributed by atoms with Gasteiger partial charge in [0.1, 0.15) is 0 Å². The zero-order valence-corrected chi connectivity index (χ0v) is 7.75. The molecule has 0 N–H and O–H groups in total. The molecular weight excluding hydrogens is 197 g/mol. The third kappa shape index (κ3) is 2.97. The topological polar surface area (TPSA) is 43.6 Å². The molecule has 0 spiro atoms. The van der Waals surface area contributed by atoms with Crippen LogP contribution in [0.2, 0.25) is 0 Å². The minimum atomic E-state index is -4.50. The van der Waals surface area contributed by atoms with Gasteiger partial charge in [-0.05, 0) is 11.6 Å². The number of tetrazole rings is 1. The first kappa shape index (κ1) is 10.9. The van der Waals surface area contributed by atoms with Crippen molar-refractivity contribution in [1.82, 2.24) is 20.2 Å². The molecule has 0 unspecified atom stereocenters. The maximum atomic E-state index is 12.0. The zero-order valence-electron chi connectivity index (χ0n) is 7.75. The Hall–Kier alpha value is -1.14. The highest BCUT2D eigenvalue weighted by atomic mass is 19.4. The summed E-state index contributed by atoms with van der Waals surface area (Å²) in [5.41, 5.74) is 0. The molecule has 14 heavy (non-hydrogen) atoms. The normalized spacial score (nSPS) is 12.0. The fourth-order valence-corrected chi connectivity index (χ4v) is 0.955. The molecule has 0 radical (unpaired) electrons. The molecule has 0 aliphatic carbocycles. The van der Waals surface area contributed by atoms with E-state index in [1.165, 1.54) is 0 Å². The highest BCUT2D eigenvalue weighted by molar-refractivity contribution is 4.82. The summed E-state index contributed by atoms with van der Waals surface area (Å²) in [7, 11) is 0. The van der Waals surface area contributed by atoms with Crippen LogP contribution >= 0.6 is 0 Å². The van der Waals surface area contributed by atoms with Crippen LogP contribution in [0.5, 0.6) is 0 Å². The minimum Gasteiger partial charge on any atom is -0.164 e. The average molecular weight is 208 g/mol. The van der Waals surface area contributed by atoms with E-state index in [1.54, 1.807) is 0 Å². The van der Waals surface area contributed by atoms with E-state index in [4.69, 9.17) is 0 Å². The van der Waals surface area contributed by atoms with Crippen LogP contribution in [0.3, 0.4) is 0 Å². The van der Waals surface area contributed by atoms with Crippen molar-refractivity contribution in [1.29, 1.82) is 0 Å². The third-order valence-corrected chi connectivity index (χ3v) is 1.67. The van der Waals surface area contributed by atoms with Crippen molar-refractivity contribution in [2.75, 3.05) is 0 Å². The highest BCUT2D eigenvalue weighted by Gasteiger charge is 2.36. The Labute approximate surface area is 79.1 Å². The Balaban J connectivity index is 2.51. The molecule has 0 saturated heterocycles. The van der Waals surface area contributed by atoms with E-state index in [9.17, 15) is 13.2 Å². The molecule has 1 aromatic rings. The first-order chi connectivity index (χ1) is 6.54. The minimum absolute atomic E-state index is 0.386. The average Bonchev–Trinajstić information content (AvgIpc) is 2.52. The summed E-state index contributed by atoms with van der Waals surface area (Å²) in [5, 5.41) is 9.46. The lowest BCUT2D eigenvalue weighted by Crippen LogP contribution is -2.09. The second-order valence-corrected chi connectivity index (χ2v) is 2.91. The van der Waals surface area contributed by atoms with Crippen LogP contribution in [0.25, 0.3) is 0 Å². The van der Waals surface area contributed by atoms with Crippen LogP contribution in [-0.2, 0) is 12.7 Å². The van der Waals surface area contributed by atoms with Crippen molar-refractivity contribution in [2.45, 2.75) is 38.9 Å². The molecule has 0 atom stereocenters. The summed E-state index contributed by atoms with van der Waals surface area (Å²) < 4.78 is 36.0. The van der Waals surface area contributed by atoms with Gasteiger partial charge in [-0.1, -0.05) is 19.8 Å². The smallest absolute Gasteiger partial charge is 0.164 e. The number of aryl methyl sites for hydroxylation is 1. The molecule has 7 heteroatoms. The lowest BCUT2D eigenvalue weighted by Gasteiger charge is -1.98. The Morgan fingerprint density at radius 1 is 1.29 bits per heavy atom. The zero-order chi connectivity index (χ0) is 10.6. The standard InChI is InChI=1S/C7H11F3N4/c1-2-3-4-5-14-12-6(11-13-14)7(8,9)10/h2-5H2,1H3. The van der Waals surface area contributed by atoms with Crippen LogP contribution in [0, 0.1) is 0 Å². The summed E-state index contributed by atoms with van der Waals surface area (Å²) in [5.74, 6) is -1.17. The van der Waals surface area contributed by atoms with E-state index >= 15 is 0 Å². The van der Waals surface area contributed by atoms with E-state index in [0.717, 1.165) is 24.1 Å². The van der Waals surface area contributed by atoms with Gasteiger partial charge in [-0.15, -0.1) is 10.2 Å². The number of nitrogens with zero attached hydrogens (tertiary/aromatic N) is 4. The summed E-state index contributed by atoms with van der Waals surface area (Å²) >= 11 is 0. The first-order valence-electron chi connectivity index (χ1n) is 4.39. The van der Waals surface area contributed by atoms with Crippen LogP contribution in [0.1, 0.15) is 32.0 Å². The van der Waals surface area contributed by atoms with Gasteiger partial charge in [0.05, 0.1) is 6.54 Å². The van der Waals surface area contributed by atoms with Crippen molar-refractivity contribution >= 4 is 0 Å². The molecule has 0 bridgehead atoms. The van der Waals surface area contributed by atoms with Gasteiger partial charge in [0.2, 0.25) is 0 Å². The maximum Gasteiger partial charge on any atom is 0.455 e. The van der Waals surface area contributed by atoms with Crippen molar-refractivity contribution in [3.8, 4) is 0 Å². The van der Waals surface area contributed by atoms with Gasteiger partial charge < -0.3 is 0 Å². The van der Waals surface area contributed by atoms with E-state index in [1.807, 2.05) is 6.92 Å². The van der Waals surface area contributed by atoms with Crippen LogP contribution in [-0.4, -0.2) is 20.2 Å². The lowest BCUT2D eigenvalue weighted by atomic mass is 10.2. The van der Waals surface area contributed by atoms with E-state index < -0.39 is 12.0 Å². The molecule has 0 aliphatic heterocycles. The number of aromatic nitrogens is 4. The molecule has 1 aromatic heterocycles. The lowest BCUT2D eigenvalue weighted by molar-refractivity contribution is -0.145. The van der Waals surface area contributed by atoms with Gasteiger partial charge in [0, 0.05) is 0 Å². The number of unbranched alkanes of at least 4 members (excludes halogenated alkanes) is 2. The molecular formula is C7H11F3N4. The largest absolute Gasteiger partial charge is 0.455 e. The predicted octanol–water partition coefficient (Wildman–Crippen LogP) is 1.88. The maximum absolute atomic E-state index is 12.0. The fourth-order valence-electron chi connectivity index (χ4n) is 0.955. The van der Waals surface area contributed by atoms with E-state index in [-0.39, 0.29) is 0 Å². The van der Waals surface area contributed by atoms with Crippen molar-refractivity contribution in [2.24, 2.45) is 0 Å². The molecule has 1 rings (SSSR count). The molecule has 1 heterocycles. The monoisotopic (exact) mass is 208 g/mol. The second-order valence-electron chi connectivity index (χ2n) is 2.91. The fraction of sp³-hybridized carbons (Fsp3) is 0.857. The van der Waals surface area contributed by atoms with E-state index in [2.05, 4.69) is 15.4 Å². The molecule has 80 valence electrons. The van der Waals surface area contributed by atoms with Gasteiger partial charge in [0.15, 0.2) is 0 Å². The second kappa shape index (κ2) is 4.39. The first-order valence-corrected chi connectivity index (χ1v) is 4.39. The molecule has 0 saturated carbocycles. The number of halogens is 3. The van der Waals surface area contributed by atoms with Crippen molar-refractivity contribution in [3.63, 3.8) is 0 Å². The Kier molecular flexibility index (Phi) is 3.43. The van der Waals surface area contributed by atoms with Gasteiger partial charge in [0.25, 0.3) is 5.82 Å². The summed E-state index contributed by atoms with van der Waals surface area (Å²) in [6, 6.07) is 0. The molecule has 0 aliphatic rings. The third-order valence-electron chi connectivity index (χ3n) is 1.67. The molecule has 0 aromatic carbocycles. The van der Waals surface area contributed by atoms with Crippen LogP contribution in [0.4, 0.5) is 13.2 Å². The Morgan fingerprint density at radius 2 is 2.00 bits per heavy atom. The van der Waals surface area contributed by atoms with Gasteiger partial charge in [-0.2, -0.15) is 18.0 Å². The van der Waals surface area contributed by atoms with Crippen LogP contribution < -0.4 is 0 Å². The number of alkyl halides is 3. The summed E-state index contributed by atoms with van der Waals surface area (Å²) in [6.07, 6.45) is -1.78. The quantitative estimate of drug-likeness (QED) is 0.709. The van der Waals surface area contributed by atoms with Crippen molar-refractivity contribution in [3.05, 3.63) is 5.82 Å². The van der Waals surface area contributed by atoms with Gasteiger partial charge in [-0.25, -0.2) is 0 Å². The SMILES string of the molecule is CCCCCn1nnc(C(F)(F)F)n1. The summed E-state index contributed by atoms with van der Waals surface area (Å²) in [4.78, 5) is 0.985. The highest BCUT2D eigenvalue weighted by Crippen LogP contribution is 2.24. The number of hydrogen-bond acceptors (Lipinski definition) is 3. The number of hydrogen-bond donors (Lipinski definition) is 0.